The first kappa shape index (κ1) is 15.0. The molecule has 2 saturated carbocycles. The van der Waals surface area contributed by atoms with Crippen LogP contribution in [0.15, 0.2) is 18.2 Å². The van der Waals surface area contributed by atoms with Gasteiger partial charge in [0.1, 0.15) is 11.9 Å². The number of esters is 1. The Morgan fingerprint density at radius 1 is 1.26 bits per heavy atom. The largest absolute Gasteiger partial charge is 0.508 e. The number of hydrogen-bond donors (Lipinski definition) is 1. The van der Waals surface area contributed by atoms with E-state index in [1.807, 2.05) is 12.1 Å². The lowest BCUT2D eigenvalue weighted by Crippen LogP contribution is -2.45. The smallest absolute Gasteiger partial charge is 0.302 e. The number of hydrogen-bond acceptors (Lipinski definition) is 3. The van der Waals surface area contributed by atoms with Gasteiger partial charge in [-0.1, -0.05) is 13.0 Å². The molecule has 0 unspecified atom stereocenters. The molecule has 0 heterocycles. The molecule has 2 fully saturated rings. The van der Waals surface area contributed by atoms with E-state index in [2.05, 4.69) is 13.0 Å². The van der Waals surface area contributed by atoms with E-state index in [4.69, 9.17) is 4.74 Å². The van der Waals surface area contributed by atoms with E-state index in [-0.39, 0.29) is 17.5 Å². The Kier molecular flexibility index (Phi) is 3.44. The van der Waals surface area contributed by atoms with Gasteiger partial charge in [0.2, 0.25) is 0 Å². The van der Waals surface area contributed by atoms with Crippen LogP contribution in [0.2, 0.25) is 0 Å². The van der Waals surface area contributed by atoms with Crippen LogP contribution >= 0.6 is 0 Å². The van der Waals surface area contributed by atoms with Gasteiger partial charge in [0.05, 0.1) is 0 Å². The highest BCUT2D eigenvalue weighted by atomic mass is 16.5. The zero-order valence-electron chi connectivity index (χ0n) is 14.0. The van der Waals surface area contributed by atoms with Crippen LogP contribution in [0.4, 0.5) is 0 Å². The molecule has 124 valence electrons. The first-order chi connectivity index (χ1) is 11.0. The van der Waals surface area contributed by atoms with Crippen molar-refractivity contribution >= 4 is 5.97 Å². The van der Waals surface area contributed by atoms with Gasteiger partial charge in [-0.3, -0.25) is 4.79 Å². The quantitative estimate of drug-likeness (QED) is 0.791. The normalized spacial score (nSPS) is 38.3. The van der Waals surface area contributed by atoms with Gasteiger partial charge in [-0.15, -0.1) is 0 Å². The van der Waals surface area contributed by atoms with E-state index >= 15 is 0 Å². The Hall–Kier alpha value is -1.51. The van der Waals surface area contributed by atoms with Crippen molar-refractivity contribution in [2.24, 2.45) is 17.3 Å². The molecule has 0 aliphatic heterocycles. The fourth-order valence-electron chi connectivity index (χ4n) is 5.91. The second-order valence-corrected chi connectivity index (χ2v) is 8.02. The van der Waals surface area contributed by atoms with E-state index in [1.165, 1.54) is 37.3 Å². The fraction of sp³-hybridized carbons (Fsp3) is 0.650. The molecule has 0 radical (unpaired) electrons. The highest BCUT2D eigenvalue weighted by Gasteiger charge is 2.56. The van der Waals surface area contributed by atoms with Gasteiger partial charge in [-0.25, -0.2) is 0 Å². The molecule has 23 heavy (non-hydrogen) atoms. The lowest BCUT2D eigenvalue weighted by atomic mass is 9.55. The number of fused-ring (bicyclic) bond motifs is 5. The molecule has 1 N–H and O–H groups in total. The standard InChI is InChI=1S/C20H26O3/c1-12(21)23-19-8-7-18-17-5-3-13-11-14(22)4-6-15(13)16(17)9-10-20(18,19)2/h4,6,11,16-19,22H,3,5,7-10H2,1-2H3/t16-,17+,18-,19+,20+/m1/s1. The third-order valence-corrected chi connectivity index (χ3v) is 6.93. The molecular formula is C20H26O3. The van der Waals surface area contributed by atoms with Crippen molar-refractivity contribution in [2.45, 2.75) is 64.4 Å². The summed E-state index contributed by atoms with van der Waals surface area (Å²) in [5.41, 5.74) is 2.95. The molecule has 3 aliphatic rings. The van der Waals surface area contributed by atoms with Crippen LogP contribution in [0.3, 0.4) is 0 Å². The SMILES string of the molecule is CC(=O)O[C@H]1CC[C@@H]2[C@H]3CCc4cc(O)ccc4[C@H]3CC[C@]12C. The van der Waals surface area contributed by atoms with E-state index < -0.39 is 0 Å². The lowest BCUT2D eigenvalue weighted by molar-refractivity contribution is -0.154. The zero-order valence-corrected chi connectivity index (χ0v) is 14.0. The first-order valence-electron chi connectivity index (χ1n) is 8.98. The second kappa shape index (κ2) is 5.25. The predicted octanol–water partition coefficient (Wildman–Crippen LogP) is 4.18. The number of benzene rings is 1. The van der Waals surface area contributed by atoms with Crippen molar-refractivity contribution in [1.82, 2.24) is 0 Å². The molecule has 1 aromatic rings. The summed E-state index contributed by atoms with van der Waals surface area (Å²) in [5, 5.41) is 9.75. The molecule has 3 nitrogen and oxygen atoms in total. The van der Waals surface area contributed by atoms with Crippen molar-refractivity contribution < 1.29 is 14.6 Å². The molecule has 4 rings (SSSR count). The van der Waals surface area contributed by atoms with Crippen LogP contribution in [-0.4, -0.2) is 17.2 Å². The molecule has 0 spiro atoms. The van der Waals surface area contributed by atoms with Gasteiger partial charge in [-0.05, 0) is 79.5 Å². The van der Waals surface area contributed by atoms with Crippen LogP contribution in [-0.2, 0) is 16.0 Å². The molecule has 0 amide bonds. The third-order valence-electron chi connectivity index (χ3n) is 6.93. The Morgan fingerprint density at radius 3 is 2.87 bits per heavy atom. The summed E-state index contributed by atoms with van der Waals surface area (Å²) in [5.74, 6) is 2.23. The molecule has 0 aromatic heterocycles. The average Bonchev–Trinajstić information content (AvgIpc) is 2.83. The monoisotopic (exact) mass is 314 g/mol. The maximum absolute atomic E-state index is 11.4. The Balaban J connectivity index is 1.63. The summed E-state index contributed by atoms with van der Waals surface area (Å²) in [6.07, 6.45) is 6.89. The number of aryl methyl sites for hydroxylation is 1. The van der Waals surface area contributed by atoms with E-state index in [9.17, 15) is 9.90 Å². The number of phenols is 1. The van der Waals surface area contributed by atoms with Gasteiger partial charge in [0.15, 0.2) is 0 Å². The maximum atomic E-state index is 11.4. The van der Waals surface area contributed by atoms with Crippen molar-refractivity contribution in [1.29, 1.82) is 0 Å². The molecule has 3 aliphatic carbocycles. The molecule has 1 aromatic carbocycles. The third kappa shape index (κ3) is 2.28. The van der Waals surface area contributed by atoms with E-state index in [1.54, 1.807) is 0 Å². The molecule has 0 saturated heterocycles. The summed E-state index contributed by atoms with van der Waals surface area (Å²) >= 11 is 0. The molecule has 3 heteroatoms. The van der Waals surface area contributed by atoms with Gasteiger partial charge >= 0.3 is 5.97 Å². The number of aromatic hydroxyl groups is 1. The minimum Gasteiger partial charge on any atom is -0.508 e. The second-order valence-electron chi connectivity index (χ2n) is 8.02. The van der Waals surface area contributed by atoms with Crippen molar-refractivity contribution in [3.63, 3.8) is 0 Å². The van der Waals surface area contributed by atoms with Crippen LogP contribution in [0.5, 0.6) is 5.75 Å². The predicted molar refractivity (Wildman–Crippen MR) is 88.3 cm³/mol. The highest BCUT2D eigenvalue weighted by molar-refractivity contribution is 5.66. The summed E-state index contributed by atoms with van der Waals surface area (Å²) in [7, 11) is 0. The highest BCUT2D eigenvalue weighted by Crippen LogP contribution is 2.61. The van der Waals surface area contributed by atoms with Gasteiger partial charge in [0, 0.05) is 12.3 Å². The number of rotatable bonds is 1. The molecule has 0 bridgehead atoms. The Morgan fingerprint density at radius 2 is 2.09 bits per heavy atom. The van der Waals surface area contributed by atoms with Crippen LogP contribution in [0, 0.1) is 17.3 Å². The van der Waals surface area contributed by atoms with Crippen LogP contribution in [0.25, 0.3) is 0 Å². The van der Waals surface area contributed by atoms with Crippen molar-refractivity contribution in [2.75, 3.05) is 0 Å². The molecule has 5 atom stereocenters. The number of ether oxygens (including phenoxy) is 1. The average molecular weight is 314 g/mol. The van der Waals surface area contributed by atoms with Gasteiger partial charge in [0.25, 0.3) is 0 Å². The zero-order chi connectivity index (χ0) is 16.2. The van der Waals surface area contributed by atoms with Crippen LogP contribution in [0.1, 0.15) is 63.0 Å². The minimum absolute atomic E-state index is 0.104. The number of phenolic OH excluding ortho intramolecular Hbond substituents is 1. The van der Waals surface area contributed by atoms with E-state index in [0.717, 1.165) is 19.3 Å². The lowest BCUT2D eigenvalue weighted by Gasteiger charge is -2.50. The van der Waals surface area contributed by atoms with Crippen molar-refractivity contribution in [3.05, 3.63) is 29.3 Å². The minimum atomic E-state index is -0.136. The van der Waals surface area contributed by atoms with Gasteiger partial charge in [-0.2, -0.15) is 0 Å². The van der Waals surface area contributed by atoms with Gasteiger partial charge < -0.3 is 9.84 Å². The fourth-order valence-corrected chi connectivity index (χ4v) is 5.91. The summed E-state index contributed by atoms with van der Waals surface area (Å²) < 4.78 is 5.68. The molecular weight excluding hydrogens is 288 g/mol. The summed E-state index contributed by atoms with van der Waals surface area (Å²) in [4.78, 5) is 11.4. The van der Waals surface area contributed by atoms with Crippen LogP contribution < -0.4 is 0 Å². The van der Waals surface area contributed by atoms with Crippen molar-refractivity contribution in [3.8, 4) is 5.75 Å². The maximum Gasteiger partial charge on any atom is 0.302 e. The number of carbonyl (C=O) groups is 1. The topological polar surface area (TPSA) is 46.5 Å². The Labute approximate surface area is 138 Å². The van der Waals surface area contributed by atoms with E-state index in [0.29, 0.717) is 23.5 Å². The Bertz CT molecular complexity index is 638. The summed E-state index contributed by atoms with van der Waals surface area (Å²) in [6.45, 7) is 3.88. The number of carbonyl (C=O) groups excluding carboxylic acids is 1. The summed E-state index contributed by atoms with van der Waals surface area (Å²) in [6, 6.07) is 5.93. The first-order valence-corrected chi connectivity index (χ1v) is 8.98.